The van der Waals surface area contributed by atoms with E-state index < -0.39 is 18.5 Å². The van der Waals surface area contributed by atoms with Gasteiger partial charge in [-0.25, -0.2) is 14.2 Å². The van der Waals surface area contributed by atoms with Crippen LogP contribution in [0.3, 0.4) is 0 Å². The number of benzene rings is 2. The number of ether oxygens (including phenoxy) is 1. The highest BCUT2D eigenvalue weighted by atomic mass is 32.1. The summed E-state index contributed by atoms with van der Waals surface area (Å²) in [5, 5.41) is 2.24. The molecule has 0 aliphatic carbocycles. The van der Waals surface area contributed by atoms with Crippen molar-refractivity contribution in [2.24, 2.45) is 0 Å². The molecule has 0 unspecified atom stereocenters. The first-order chi connectivity index (χ1) is 15.1. The van der Waals surface area contributed by atoms with Crippen molar-refractivity contribution < 1.29 is 23.1 Å². The number of furan rings is 1. The summed E-state index contributed by atoms with van der Waals surface area (Å²) in [5.74, 6) is -1.46. The van der Waals surface area contributed by atoms with Crippen LogP contribution in [0.25, 0.3) is 11.3 Å². The molecule has 6 nitrogen and oxygen atoms in total. The molecule has 0 fully saturated rings. The Balaban J connectivity index is 1.54. The van der Waals surface area contributed by atoms with E-state index in [4.69, 9.17) is 9.15 Å². The molecule has 2 heterocycles. The highest BCUT2D eigenvalue weighted by molar-refractivity contribution is 7.14. The smallest absolute Gasteiger partial charge is 0.374 e. The lowest BCUT2D eigenvalue weighted by Crippen LogP contribution is -2.34. The molecule has 0 bridgehead atoms. The number of hydrogen-bond acceptors (Lipinski definition) is 6. The van der Waals surface area contributed by atoms with Gasteiger partial charge in [-0.2, -0.15) is 0 Å². The zero-order valence-corrected chi connectivity index (χ0v) is 17.0. The minimum atomic E-state index is -0.718. The Bertz CT molecular complexity index is 1160. The highest BCUT2D eigenvalue weighted by Crippen LogP contribution is 2.29. The van der Waals surface area contributed by atoms with Crippen LogP contribution in [-0.2, 0) is 16.1 Å². The maximum Gasteiger partial charge on any atom is 0.374 e. The SMILES string of the molecule is O=C(OCC(=O)N(Cc1ccccc1)c1nc(-c2ccc(F)cc2)cs1)c1ccco1. The van der Waals surface area contributed by atoms with Crippen molar-refractivity contribution in [3.05, 3.63) is 95.5 Å². The molecule has 31 heavy (non-hydrogen) atoms. The zero-order valence-electron chi connectivity index (χ0n) is 16.2. The van der Waals surface area contributed by atoms with Crippen LogP contribution < -0.4 is 4.90 Å². The number of thiazole rings is 1. The fourth-order valence-electron chi connectivity index (χ4n) is 2.84. The summed E-state index contributed by atoms with van der Waals surface area (Å²) < 4.78 is 23.3. The number of esters is 1. The molecule has 8 heteroatoms. The molecule has 0 aliphatic rings. The first-order valence-electron chi connectivity index (χ1n) is 9.36. The van der Waals surface area contributed by atoms with Gasteiger partial charge in [0.2, 0.25) is 5.76 Å². The number of hydrogen-bond donors (Lipinski definition) is 0. The van der Waals surface area contributed by atoms with Gasteiger partial charge in [-0.05, 0) is 42.0 Å². The fourth-order valence-corrected chi connectivity index (χ4v) is 3.69. The molecule has 0 saturated carbocycles. The number of amides is 1. The second kappa shape index (κ2) is 9.36. The maximum absolute atomic E-state index is 13.2. The molecule has 2 aromatic carbocycles. The van der Waals surface area contributed by atoms with Crippen LogP contribution in [0.1, 0.15) is 16.1 Å². The largest absolute Gasteiger partial charge is 0.457 e. The third-order valence-electron chi connectivity index (χ3n) is 4.40. The number of carbonyl (C=O) groups excluding carboxylic acids is 2. The van der Waals surface area contributed by atoms with Gasteiger partial charge in [-0.3, -0.25) is 9.69 Å². The van der Waals surface area contributed by atoms with Gasteiger partial charge < -0.3 is 9.15 Å². The number of aromatic nitrogens is 1. The lowest BCUT2D eigenvalue weighted by atomic mass is 10.2. The van der Waals surface area contributed by atoms with E-state index in [1.807, 2.05) is 30.3 Å². The third-order valence-corrected chi connectivity index (χ3v) is 5.26. The number of anilines is 1. The van der Waals surface area contributed by atoms with E-state index in [1.165, 1.54) is 40.7 Å². The monoisotopic (exact) mass is 436 g/mol. The number of carbonyl (C=O) groups is 2. The van der Waals surface area contributed by atoms with Crippen molar-refractivity contribution in [1.29, 1.82) is 0 Å². The molecular weight excluding hydrogens is 419 g/mol. The van der Waals surface area contributed by atoms with Crippen LogP contribution in [0.2, 0.25) is 0 Å². The summed E-state index contributed by atoms with van der Waals surface area (Å²) >= 11 is 1.28. The summed E-state index contributed by atoms with van der Waals surface area (Å²) in [6, 6.07) is 18.4. The first kappa shape index (κ1) is 20.5. The quantitative estimate of drug-likeness (QED) is 0.384. The van der Waals surface area contributed by atoms with Crippen LogP contribution in [0, 0.1) is 5.82 Å². The molecule has 0 N–H and O–H groups in total. The van der Waals surface area contributed by atoms with Gasteiger partial charge in [0.05, 0.1) is 18.5 Å². The van der Waals surface area contributed by atoms with Crippen molar-refractivity contribution in [2.75, 3.05) is 11.5 Å². The Labute approximate surface area is 181 Å². The molecule has 0 aliphatic heterocycles. The van der Waals surface area contributed by atoms with Gasteiger partial charge in [0.1, 0.15) is 5.82 Å². The van der Waals surface area contributed by atoms with Gasteiger partial charge in [-0.15, -0.1) is 11.3 Å². The molecule has 0 atom stereocenters. The Morgan fingerprint density at radius 1 is 1.03 bits per heavy atom. The highest BCUT2D eigenvalue weighted by Gasteiger charge is 2.22. The van der Waals surface area contributed by atoms with Crippen LogP contribution in [-0.4, -0.2) is 23.5 Å². The fraction of sp³-hybridized carbons (Fsp3) is 0.0870. The topological polar surface area (TPSA) is 72.6 Å². The van der Waals surface area contributed by atoms with Gasteiger partial charge in [0.25, 0.3) is 5.91 Å². The van der Waals surface area contributed by atoms with E-state index in [2.05, 4.69) is 4.98 Å². The lowest BCUT2D eigenvalue weighted by Gasteiger charge is -2.20. The standard InChI is InChI=1S/C23H17FN2O4S/c24-18-10-8-17(9-11-18)19-15-31-23(25-19)26(13-16-5-2-1-3-6-16)21(27)14-30-22(28)20-7-4-12-29-20/h1-12,15H,13-14H2. The van der Waals surface area contributed by atoms with Crippen molar-refractivity contribution >= 4 is 28.3 Å². The van der Waals surface area contributed by atoms with Crippen molar-refractivity contribution in [3.8, 4) is 11.3 Å². The Kier molecular flexibility index (Phi) is 6.18. The normalized spacial score (nSPS) is 10.6. The average molecular weight is 436 g/mol. The number of rotatable bonds is 7. The van der Waals surface area contributed by atoms with Crippen LogP contribution in [0.4, 0.5) is 9.52 Å². The van der Waals surface area contributed by atoms with E-state index in [1.54, 1.807) is 23.6 Å². The summed E-state index contributed by atoms with van der Waals surface area (Å²) in [4.78, 5) is 31.0. The summed E-state index contributed by atoms with van der Waals surface area (Å²) in [5.41, 5.74) is 2.26. The van der Waals surface area contributed by atoms with E-state index in [0.717, 1.165) is 11.1 Å². The lowest BCUT2D eigenvalue weighted by molar-refractivity contribution is -0.121. The summed E-state index contributed by atoms with van der Waals surface area (Å²) in [7, 11) is 0. The Hall–Kier alpha value is -3.78. The van der Waals surface area contributed by atoms with Crippen molar-refractivity contribution in [3.63, 3.8) is 0 Å². The van der Waals surface area contributed by atoms with E-state index in [-0.39, 0.29) is 18.1 Å². The van der Waals surface area contributed by atoms with Gasteiger partial charge >= 0.3 is 5.97 Å². The Morgan fingerprint density at radius 3 is 2.52 bits per heavy atom. The van der Waals surface area contributed by atoms with Gasteiger partial charge in [0, 0.05) is 10.9 Å². The van der Waals surface area contributed by atoms with Gasteiger partial charge in [0.15, 0.2) is 11.7 Å². The molecule has 4 rings (SSSR count). The van der Waals surface area contributed by atoms with Crippen molar-refractivity contribution in [2.45, 2.75) is 6.54 Å². The molecule has 2 aromatic heterocycles. The molecule has 156 valence electrons. The molecule has 4 aromatic rings. The van der Waals surface area contributed by atoms with Crippen LogP contribution in [0.15, 0.2) is 82.8 Å². The average Bonchev–Trinajstić information content (AvgIpc) is 3.49. The number of halogens is 1. The van der Waals surface area contributed by atoms with Crippen LogP contribution in [0.5, 0.6) is 0 Å². The summed E-state index contributed by atoms with van der Waals surface area (Å²) in [6.07, 6.45) is 1.35. The molecule has 0 saturated heterocycles. The first-order valence-corrected chi connectivity index (χ1v) is 10.2. The third kappa shape index (κ3) is 5.04. The number of nitrogens with zero attached hydrogens (tertiary/aromatic N) is 2. The predicted octanol–water partition coefficient (Wildman–Crippen LogP) is 4.93. The minimum Gasteiger partial charge on any atom is -0.457 e. The predicted molar refractivity (Wildman–Crippen MR) is 114 cm³/mol. The second-order valence-electron chi connectivity index (χ2n) is 6.54. The van der Waals surface area contributed by atoms with Crippen LogP contribution >= 0.6 is 11.3 Å². The Morgan fingerprint density at radius 2 is 1.81 bits per heavy atom. The van der Waals surface area contributed by atoms with E-state index in [9.17, 15) is 14.0 Å². The molecular formula is C23H17FN2O4S. The minimum absolute atomic E-state index is 0.0234. The second-order valence-corrected chi connectivity index (χ2v) is 7.38. The molecule has 0 spiro atoms. The molecule has 0 radical (unpaired) electrons. The zero-order chi connectivity index (χ0) is 21.6. The van der Waals surface area contributed by atoms with Gasteiger partial charge in [-0.1, -0.05) is 30.3 Å². The van der Waals surface area contributed by atoms with E-state index >= 15 is 0 Å². The molecule has 1 amide bonds. The summed E-state index contributed by atoms with van der Waals surface area (Å²) in [6.45, 7) is -0.202. The van der Waals surface area contributed by atoms with Crippen molar-refractivity contribution in [1.82, 2.24) is 4.98 Å². The maximum atomic E-state index is 13.2. The van der Waals surface area contributed by atoms with E-state index in [0.29, 0.717) is 10.8 Å².